The number of hydrogen-bond donors (Lipinski definition) is 1. The lowest BCUT2D eigenvalue weighted by atomic mass is 10.2. The lowest BCUT2D eigenvalue weighted by Crippen LogP contribution is -2.03. The van der Waals surface area contributed by atoms with Gasteiger partial charge in [-0.15, -0.1) is 0 Å². The summed E-state index contributed by atoms with van der Waals surface area (Å²) in [6.45, 7) is 0.474. The molecule has 0 aliphatic carbocycles. The summed E-state index contributed by atoms with van der Waals surface area (Å²) >= 11 is 0. The summed E-state index contributed by atoms with van der Waals surface area (Å²) in [5.41, 5.74) is 7.06. The Bertz CT molecular complexity index is 643. The SMILES string of the molecule is COc1ccccc1COc1cc(CN)ccc1[N+](=O)[O-]. The first-order chi connectivity index (χ1) is 10.2. The number of nitro groups is 1. The first kappa shape index (κ1) is 14.8. The third-order valence-corrected chi connectivity index (χ3v) is 3.03. The Balaban J connectivity index is 2.24. The molecule has 0 aliphatic heterocycles. The minimum Gasteiger partial charge on any atom is -0.496 e. The Kier molecular flexibility index (Phi) is 4.73. The van der Waals surface area contributed by atoms with E-state index in [1.54, 1.807) is 19.2 Å². The van der Waals surface area contributed by atoms with Crippen LogP contribution in [0.3, 0.4) is 0 Å². The van der Waals surface area contributed by atoms with Gasteiger partial charge in [0.05, 0.1) is 12.0 Å². The second-order valence-corrected chi connectivity index (χ2v) is 4.36. The minimum absolute atomic E-state index is 0.0814. The predicted octanol–water partition coefficient (Wildman–Crippen LogP) is 2.64. The molecule has 6 nitrogen and oxygen atoms in total. The second-order valence-electron chi connectivity index (χ2n) is 4.36. The highest BCUT2D eigenvalue weighted by Crippen LogP contribution is 2.29. The molecule has 0 amide bonds. The molecule has 21 heavy (non-hydrogen) atoms. The Hall–Kier alpha value is -2.60. The van der Waals surface area contributed by atoms with Crippen molar-refractivity contribution in [1.29, 1.82) is 0 Å². The van der Waals surface area contributed by atoms with Gasteiger partial charge >= 0.3 is 5.69 Å². The van der Waals surface area contributed by atoms with Gasteiger partial charge in [-0.2, -0.15) is 0 Å². The van der Waals surface area contributed by atoms with Crippen molar-refractivity contribution in [3.8, 4) is 11.5 Å². The van der Waals surface area contributed by atoms with Crippen molar-refractivity contribution >= 4 is 5.69 Å². The first-order valence-electron chi connectivity index (χ1n) is 6.37. The molecule has 2 N–H and O–H groups in total. The number of hydrogen-bond acceptors (Lipinski definition) is 5. The van der Waals surface area contributed by atoms with Gasteiger partial charge < -0.3 is 15.2 Å². The molecular weight excluding hydrogens is 272 g/mol. The molecule has 0 bridgehead atoms. The molecule has 2 aromatic carbocycles. The van der Waals surface area contributed by atoms with E-state index in [0.717, 1.165) is 11.1 Å². The Morgan fingerprint density at radius 1 is 1.19 bits per heavy atom. The van der Waals surface area contributed by atoms with Crippen LogP contribution in [0.2, 0.25) is 0 Å². The van der Waals surface area contributed by atoms with E-state index in [4.69, 9.17) is 15.2 Å². The van der Waals surface area contributed by atoms with Gasteiger partial charge in [0.15, 0.2) is 5.75 Å². The predicted molar refractivity (Wildman–Crippen MR) is 78.3 cm³/mol. The van der Waals surface area contributed by atoms with Gasteiger partial charge in [0.2, 0.25) is 0 Å². The normalized spacial score (nSPS) is 10.2. The summed E-state index contributed by atoms with van der Waals surface area (Å²) in [4.78, 5) is 10.6. The van der Waals surface area contributed by atoms with Gasteiger partial charge in [0.1, 0.15) is 12.4 Å². The fraction of sp³-hybridized carbons (Fsp3) is 0.200. The monoisotopic (exact) mass is 288 g/mol. The molecule has 0 heterocycles. The Morgan fingerprint density at radius 2 is 1.95 bits per heavy atom. The standard InChI is InChI=1S/C15H16N2O4/c1-20-14-5-3-2-4-12(14)10-21-15-8-11(9-16)6-7-13(15)17(18)19/h2-8H,9-10,16H2,1H3. The zero-order chi connectivity index (χ0) is 15.2. The molecule has 6 heteroatoms. The molecule has 2 aromatic rings. The number of para-hydroxylation sites is 1. The summed E-state index contributed by atoms with van der Waals surface area (Å²) in [6.07, 6.45) is 0. The van der Waals surface area contributed by atoms with Crippen molar-refractivity contribution in [2.45, 2.75) is 13.2 Å². The zero-order valence-corrected chi connectivity index (χ0v) is 11.6. The lowest BCUT2D eigenvalue weighted by Gasteiger charge is -2.11. The third-order valence-electron chi connectivity index (χ3n) is 3.03. The minimum atomic E-state index is -0.474. The average molecular weight is 288 g/mol. The number of nitrogens with two attached hydrogens (primary N) is 1. The summed E-state index contributed by atoms with van der Waals surface area (Å²) in [5.74, 6) is 0.879. The highest BCUT2D eigenvalue weighted by Gasteiger charge is 2.16. The smallest absolute Gasteiger partial charge is 0.310 e. The van der Waals surface area contributed by atoms with E-state index in [2.05, 4.69) is 0 Å². The van der Waals surface area contributed by atoms with Crippen LogP contribution in [0, 0.1) is 10.1 Å². The average Bonchev–Trinajstić information content (AvgIpc) is 2.52. The van der Waals surface area contributed by atoms with E-state index in [9.17, 15) is 10.1 Å². The van der Waals surface area contributed by atoms with Crippen LogP contribution in [-0.4, -0.2) is 12.0 Å². The third kappa shape index (κ3) is 3.49. The molecule has 0 radical (unpaired) electrons. The Morgan fingerprint density at radius 3 is 2.62 bits per heavy atom. The fourth-order valence-electron chi connectivity index (χ4n) is 1.93. The second kappa shape index (κ2) is 6.71. The van der Waals surface area contributed by atoms with E-state index in [1.165, 1.54) is 6.07 Å². The van der Waals surface area contributed by atoms with Crippen molar-refractivity contribution in [1.82, 2.24) is 0 Å². The molecule has 0 aromatic heterocycles. The van der Waals surface area contributed by atoms with E-state index in [-0.39, 0.29) is 18.0 Å². The largest absolute Gasteiger partial charge is 0.496 e. The van der Waals surface area contributed by atoms with Crippen molar-refractivity contribution in [3.05, 3.63) is 63.7 Å². The van der Waals surface area contributed by atoms with Crippen LogP contribution in [0.25, 0.3) is 0 Å². The van der Waals surface area contributed by atoms with Crippen LogP contribution < -0.4 is 15.2 Å². The van der Waals surface area contributed by atoms with Crippen molar-refractivity contribution in [2.75, 3.05) is 7.11 Å². The number of nitro benzene ring substituents is 1. The number of benzene rings is 2. The molecule has 0 atom stereocenters. The highest BCUT2D eigenvalue weighted by molar-refractivity contribution is 5.48. The van der Waals surface area contributed by atoms with E-state index in [1.807, 2.05) is 24.3 Å². The molecule has 110 valence electrons. The van der Waals surface area contributed by atoms with Gasteiger partial charge in [-0.05, 0) is 17.7 Å². The molecule has 2 rings (SSSR count). The first-order valence-corrected chi connectivity index (χ1v) is 6.37. The van der Waals surface area contributed by atoms with E-state index >= 15 is 0 Å². The van der Waals surface area contributed by atoms with Crippen LogP contribution in [-0.2, 0) is 13.2 Å². The lowest BCUT2D eigenvalue weighted by molar-refractivity contribution is -0.386. The topological polar surface area (TPSA) is 87.6 Å². The summed E-state index contributed by atoms with van der Waals surface area (Å²) in [5, 5.41) is 11.0. The molecule has 0 fully saturated rings. The molecule has 0 spiro atoms. The Labute approximate surface area is 122 Å². The quantitative estimate of drug-likeness (QED) is 0.652. The maximum absolute atomic E-state index is 11.0. The maximum atomic E-state index is 11.0. The van der Waals surface area contributed by atoms with Gasteiger partial charge in [-0.3, -0.25) is 10.1 Å². The van der Waals surface area contributed by atoms with Crippen LogP contribution in [0.4, 0.5) is 5.69 Å². The number of ether oxygens (including phenoxy) is 2. The summed E-state index contributed by atoms with van der Waals surface area (Å²) in [7, 11) is 1.57. The van der Waals surface area contributed by atoms with Crippen molar-refractivity contribution < 1.29 is 14.4 Å². The van der Waals surface area contributed by atoms with Crippen LogP contribution in [0.15, 0.2) is 42.5 Å². The number of methoxy groups -OCH3 is 1. The van der Waals surface area contributed by atoms with Crippen LogP contribution >= 0.6 is 0 Å². The van der Waals surface area contributed by atoms with Crippen molar-refractivity contribution in [2.24, 2.45) is 5.73 Å². The number of rotatable bonds is 6. The van der Waals surface area contributed by atoms with Crippen LogP contribution in [0.5, 0.6) is 11.5 Å². The van der Waals surface area contributed by atoms with Gasteiger partial charge in [-0.1, -0.05) is 24.3 Å². The van der Waals surface area contributed by atoms with Crippen molar-refractivity contribution in [3.63, 3.8) is 0 Å². The maximum Gasteiger partial charge on any atom is 0.310 e. The van der Waals surface area contributed by atoms with Gasteiger partial charge in [0, 0.05) is 18.2 Å². The molecule has 0 unspecified atom stereocenters. The molecular formula is C15H16N2O4. The van der Waals surface area contributed by atoms with E-state index in [0.29, 0.717) is 12.3 Å². The number of nitrogens with zero attached hydrogens (tertiary/aromatic N) is 1. The van der Waals surface area contributed by atoms with Gasteiger partial charge in [-0.25, -0.2) is 0 Å². The summed E-state index contributed by atoms with van der Waals surface area (Å²) < 4.78 is 10.8. The zero-order valence-electron chi connectivity index (χ0n) is 11.6. The van der Waals surface area contributed by atoms with Crippen LogP contribution in [0.1, 0.15) is 11.1 Å². The highest BCUT2D eigenvalue weighted by atomic mass is 16.6. The molecule has 0 saturated carbocycles. The molecule has 0 saturated heterocycles. The summed E-state index contributed by atoms with van der Waals surface area (Å²) in [6, 6.07) is 12.0. The van der Waals surface area contributed by atoms with E-state index < -0.39 is 4.92 Å². The molecule has 0 aliphatic rings. The fourth-order valence-corrected chi connectivity index (χ4v) is 1.93. The van der Waals surface area contributed by atoms with Gasteiger partial charge in [0.25, 0.3) is 0 Å².